The van der Waals surface area contributed by atoms with Gasteiger partial charge in [-0.25, -0.2) is 4.98 Å². The van der Waals surface area contributed by atoms with Crippen molar-refractivity contribution in [3.05, 3.63) is 11.8 Å². The minimum Gasteiger partial charge on any atom is -0.354 e. The Kier molecular flexibility index (Phi) is 5.54. The molecule has 0 fully saturated rings. The van der Waals surface area contributed by atoms with Crippen molar-refractivity contribution in [3.8, 4) is 0 Å². The fourth-order valence-electron chi connectivity index (χ4n) is 1.64. The first-order valence-corrected chi connectivity index (χ1v) is 6.52. The lowest BCUT2D eigenvalue weighted by Crippen LogP contribution is -2.37. The van der Waals surface area contributed by atoms with Gasteiger partial charge in [-0.2, -0.15) is 4.98 Å². The van der Waals surface area contributed by atoms with E-state index in [1.165, 1.54) is 0 Å². The summed E-state index contributed by atoms with van der Waals surface area (Å²) in [5, 5.41) is 3.09. The number of rotatable bonds is 6. The van der Waals surface area contributed by atoms with Crippen LogP contribution in [0.25, 0.3) is 0 Å². The van der Waals surface area contributed by atoms with Gasteiger partial charge in [-0.15, -0.1) is 0 Å². The van der Waals surface area contributed by atoms with E-state index in [-0.39, 0.29) is 5.91 Å². The van der Waals surface area contributed by atoms with E-state index in [4.69, 9.17) is 0 Å². The highest BCUT2D eigenvalue weighted by atomic mass is 16.2. The van der Waals surface area contributed by atoms with Gasteiger partial charge in [0.05, 0.1) is 6.54 Å². The zero-order valence-corrected chi connectivity index (χ0v) is 12.4. The van der Waals surface area contributed by atoms with Gasteiger partial charge in [-0.3, -0.25) is 4.79 Å². The average molecular weight is 265 g/mol. The number of hydrogen-bond acceptors (Lipinski definition) is 5. The second-order valence-electron chi connectivity index (χ2n) is 4.53. The molecular weight excluding hydrogens is 242 g/mol. The van der Waals surface area contributed by atoms with Crippen molar-refractivity contribution < 1.29 is 4.79 Å². The molecule has 0 radical (unpaired) electrons. The largest absolute Gasteiger partial charge is 0.354 e. The number of hydrogen-bond donors (Lipinski definition) is 1. The molecular formula is C13H23N5O. The minimum absolute atomic E-state index is 0.0601. The molecule has 1 aromatic heterocycles. The van der Waals surface area contributed by atoms with Crippen LogP contribution < -0.4 is 10.2 Å². The third kappa shape index (κ3) is 4.08. The Labute approximate surface area is 114 Å². The van der Waals surface area contributed by atoms with Crippen LogP contribution in [0, 0.1) is 6.92 Å². The quantitative estimate of drug-likeness (QED) is 0.835. The Morgan fingerprint density at radius 2 is 2.05 bits per heavy atom. The van der Waals surface area contributed by atoms with Gasteiger partial charge < -0.3 is 15.1 Å². The predicted molar refractivity (Wildman–Crippen MR) is 77.5 cm³/mol. The Morgan fingerprint density at radius 1 is 1.37 bits per heavy atom. The second kappa shape index (κ2) is 6.92. The molecule has 0 aromatic carbocycles. The highest BCUT2D eigenvalue weighted by Gasteiger charge is 2.15. The molecule has 1 aromatic rings. The fraction of sp³-hybridized carbons (Fsp3) is 0.615. The summed E-state index contributed by atoms with van der Waals surface area (Å²) < 4.78 is 0. The first-order valence-electron chi connectivity index (χ1n) is 6.52. The van der Waals surface area contributed by atoms with Crippen molar-refractivity contribution >= 4 is 17.7 Å². The topological polar surface area (TPSA) is 61.4 Å². The first-order chi connectivity index (χ1) is 8.99. The van der Waals surface area contributed by atoms with Gasteiger partial charge in [0, 0.05) is 38.9 Å². The Morgan fingerprint density at radius 3 is 2.58 bits per heavy atom. The van der Waals surface area contributed by atoms with Crippen molar-refractivity contribution in [2.45, 2.75) is 20.8 Å². The number of nitrogens with zero attached hydrogens (tertiary/aromatic N) is 4. The molecule has 0 aliphatic carbocycles. The van der Waals surface area contributed by atoms with Crippen molar-refractivity contribution in [1.82, 2.24) is 14.9 Å². The molecule has 0 atom stereocenters. The molecule has 0 spiro atoms. The van der Waals surface area contributed by atoms with E-state index >= 15 is 0 Å². The molecule has 0 bridgehead atoms. The van der Waals surface area contributed by atoms with Crippen LogP contribution in [-0.4, -0.2) is 54.5 Å². The van der Waals surface area contributed by atoms with Crippen LogP contribution in [0.2, 0.25) is 0 Å². The van der Waals surface area contributed by atoms with Crippen molar-refractivity contribution in [2.75, 3.05) is 43.9 Å². The van der Waals surface area contributed by atoms with Gasteiger partial charge in [0.15, 0.2) is 0 Å². The number of carbonyl (C=O) groups is 1. The lowest BCUT2D eigenvalue weighted by molar-refractivity contribution is -0.127. The average Bonchev–Trinajstić information content (AvgIpc) is 2.38. The second-order valence-corrected chi connectivity index (χ2v) is 4.53. The zero-order chi connectivity index (χ0) is 14.4. The molecule has 19 heavy (non-hydrogen) atoms. The number of carbonyl (C=O) groups excluding carboxylic acids is 1. The molecule has 0 saturated carbocycles. The fourth-order valence-corrected chi connectivity index (χ4v) is 1.64. The molecule has 1 heterocycles. The Bertz CT molecular complexity index is 433. The molecule has 0 saturated heterocycles. The first kappa shape index (κ1) is 15.2. The smallest absolute Gasteiger partial charge is 0.241 e. The minimum atomic E-state index is 0.0601. The standard InChI is InChI=1S/C13H23N5O/c1-6-14-13-15-8-10(3)12(16-13)18(7-2)9-11(19)17(4)5/h8H,6-7,9H2,1-5H3,(H,14,15,16). The lowest BCUT2D eigenvalue weighted by atomic mass is 10.3. The lowest BCUT2D eigenvalue weighted by Gasteiger charge is -2.24. The van der Waals surface area contributed by atoms with Crippen LogP contribution in [0.1, 0.15) is 19.4 Å². The van der Waals surface area contributed by atoms with Gasteiger partial charge in [0.25, 0.3) is 0 Å². The maximum Gasteiger partial charge on any atom is 0.241 e. The number of aromatic nitrogens is 2. The summed E-state index contributed by atoms with van der Waals surface area (Å²) in [5.41, 5.74) is 0.968. The summed E-state index contributed by atoms with van der Waals surface area (Å²) in [7, 11) is 3.51. The van der Waals surface area contributed by atoms with Crippen LogP contribution in [0.5, 0.6) is 0 Å². The van der Waals surface area contributed by atoms with Crippen LogP contribution >= 0.6 is 0 Å². The summed E-state index contributed by atoms with van der Waals surface area (Å²) in [4.78, 5) is 24.1. The van der Waals surface area contributed by atoms with Gasteiger partial charge in [-0.05, 0) is 20.8 Å². The monoisotopic (exact) mass is 265 g/mol. The van der Waals surface area contributed by atoms with Gasteiger partial charge >= 0.3 is 0 Å². The maximum atomic E-state index is 11.8. The Hall–Kier alpha value is -1.85. The third-order valence-electron chi connectivity index (χ3n) is 2.79. The van der Waals surface area contributed by atoms with Crippen LogP contribution in [0.4, 0.5) is 11.8 Å². The molecule has 0 unspecified atom stereocenters. The third-order valence-corrected chi connectivity index (χ3v) is 2.79. The molecule has 106 valence electrons. The molecule has 0 aliphatic heterocycles. The van der Waals surface area contributed by atoms with Crippen molar-refractivity contribution in [1.29, 1.82) is 0 Å². The summed E-state index contributed by atoms with van der Waals surface area (Å²) >= 11 is 0. The van der Waals surface area contributed by atoms with E-state index in [1.807, 2.05) is 25.7 Å². The molecule has 0 aliphatic rings. The SMILES string of the molecule is CCNc1ncc(C)c(N(CC)CC(=O)N(C)C)n1. The zero-order valence-electron chi connectivity index (χ0n) is 12.4. The number of anilines is 2. The Balaban J connectivity index is 2.96. The highest BCUT2D eigenvalue weighted by molar-refractivity contribution is 5.80. The molecule has 1 amide bonds. The highest BCUT2D eigenvalue weighted by Crippen LogP contribution is 2.17. The molecule has 1 rings (SSSR count). The van der Waals surface area contributed by atoms with Gasteiger partial charge in [-0.1, -0.05) is 0 Å². The van der Waals surface area contributed by atoms with E-state index in [1.54, 1.807) is 25.2 Å². The van der Waals surface area contributed by atoms with Crippen molar-refractivity contribution in [2.24, 2.45) is 0 Å². The van der Waals surface area contributed by atoms with Crippen LogP contribution in [0.15, 0.2) is 6.20 Å². The number of nitrogens with one attached hydrogen (secondary N) is 1. The van der Waals surface area contributed by atoms with E-state index in [0.717, 1.165) is 24.5 Å². The number of likely N-dealkylation sites (N-methyl/N-ethyl adjacent to an activating group) is 2. The summed E-state index contributed by atoms with van der Waals surface area (Å²) in [6.45, 7) is 7.78. The molecule has 6 heteroatoms. The number of amides is 1. The van der Waals surface area contributed by atoms with Gasteiger partial charge in [0.1, 0.15) is 5.82 Å². The summed E-state index contributed by atoms with van der Waals surface area (Å²) in [6, 6.07) is 0. The van der Waals surface area contributed by atoms with Crippen molar-refractivity contribution in [3.63, 3.8) is 0 Å². The van der Waals surface area contributed by atoms with E-state index in [2.05, 4.69) is 15.3 Å². The molecule has 6 nitrogen and oxygen atoms in total. The number of aryl methyl sites for hydroxylation is 1. The van der Waals surface area contributed by atoms with Gasteiger partial charge in [0.2, 0.25) is 11.9 Å². The molecule has 1 N–H and O–H groups in total. The maximum absolute atomic E-state index is 11.8. The normalized spacial score (nSPS) is 10.2. The van der Waals surface area contributed by atoms with E-state index in [9.17, 15) is 4.79 Å². The predicted octanol–water partition coefficient (Wildman–Crippen LogP) is 1.13. The summed E-state index contributed by atoms with van der Waals surface area (Å²) in [6.07, 6.45) is 1.78. The van der Waals surface area contributed by atoms with E-state index < -0.39 is 0 Å². The van der Waals surface area contributed by atoms with Crippen LogP contribution in [-0.2, 0) is 4.79 Å². The van der Waals surface area contributed by atoms with Crippen LogP contribution in [0.3, 0.4) is 0 Å². The summed E-state index contributed by atoms with van der Waals surface area (Å²) in [5.74, 6) is 1.47. The van der Waals surface area contributed by atoms with E-state index in [0.29, 0.717) is 12.5 Å².